The number of rotatable bonds is 4. The Morgan fingerprint density at radius 3 is 2.59 bits per heavy atom. The van der Waals surface area contributed by atoms with Gasteiger partial charge in [-0.3, -0.25) is 4.99 Å². The number of anilines is 2. The topological polar surface area (TPSA) is 35.0 Å². The highest BCUT2D eigenvalue weighted by Gasteiger charge is 2.25. The summed E-state index contributed by atoms with van der Waals surface area (Å²) in [5, 5.41) is 0. The molecule has 5 nitrogen and oxygen atoms in total. The molecule has 0 atom stereocenters. The fraction of sp³-hybridized carbons (Fsp3) is 0.417. The zero-order valence-corrected chi connectivity index (χ0v) is 18.1. The van der Waals surface area contributed by atoms with Gasteiger partial charge in [-0.25, -0.2) is 4.98 Å². The Bertz CT molecular complexity index is 952. The van der Waals surface area contributed by atoms with Crippen molar-refractivity contribution in [3.8, 4) is 0 Å². The zero-order chi connectivity index (χ0) is 20.5. The highest BCUT2D eigenvalue weighted by atomic mass is 15.3. The predicted molar refractivity (Wildman–Crippen MR) is 124 cm³/mol. The Morgan fingerprint density at radius 2 is 1.90 bits per heavy atom. The lowest BCUT2D eigenvalue weighted by Gasteiger charge is -2.34. The molecule has 0 bridgehead atoms. The maximum Gasteiger partial charge on any atom is 0.137 e. The van der Waals surface area contributed by atoms with Crippen molar-refractivity contribution in [2.75, 3.05) is 57.1 Å². The van der Waals surface area contributed by atoms with E-state index in [4.69, 9.17) is 9.98 Å². The third-order valence-electron chi connectivity index (χ3n) is 5.97. The number of likely N-dealkylation sites (N-methyl/N-ethyl adjacent to an activating group) is 1. The lowest BCUT2D eigenvalue weighted by Crippen LogP contribution is -2.45. The van der Waals surface area contributed by atoms with Gasteiger partial charge in [0, 0.05) is 69.7 Å². The molecule has 152 valence electrons. The van der Waals surface area contributed by atoms with Crippen molar-refractivity contribution in [2.24, 2.45) is 4.99 Å². The molecule has 3 heterocycles. The van der Waals surface area contributed by atoms with Crippen LogP contribution in [0.3, 0.4) is 0 Å². The van der Waals surface area contributed by atoms with Crippen LogP contribution in [0.1, 0.15) is 30.0 Å². The quantitative estimate of drug-likeness (QED) is 0.792. The molecule has 0 amide bonds. The van der Waals surface area contributed by atoms with Crippen molar-refractivity contribution < 1.29 is 0 Å². The van der Waals surface area contributed by atoms with Gasteiger partial charge in [-0.05, 0) is 48.9 Å². The lowest BCUT2D eigenvalue weighted by atomic mass is 9.89. The highest BCUT2D eigenvalue weighted by molar-refractivity contribution is 6.13. The number of aromatic nitrogens is 1. The summed E-state index contributed by atoms with van der Waals surface area (Å²) in [6.07, 6.45) is 3.64. The second-order valence-electron chi connectivity index (χ2n) is 8.25. The molecule has 1 fully saturated rings. The highest BCUT2D eigenvalue weighted by Crippen LogP contribution is 2.40. The number of nitrogens with zero attached hydrogens (tertiary/aromatic N) is 5. The maximum absolute atomic E-state index is 5.14. The van der Waals surface area contributed by atoms with E-state index in [2.05, 4.69) is 67.5 Å². The molecular weight excluding hydrogens is 358 g/mol. The van der Waals surface area contributed by atoms with E-state index < -0.39 is 0 Å². The fourth-order valence-corrected chi connectivity index (χ4v) is 4.23. The minimum Gasteiger partial charge on any atom is -0.378 e. The second kappa shape index (κ2) is 7.99. The fourth-order valence-electron chi connectivity index (χ4n) is 4.23. The average Bonchev–Trinajstić information content (AvgIpc) is 2.73. The van der Waals surface area contributed by atoms with Crippen molar-refractivity contribution in [3.63, 3.8) is 0 Å². The number of pyridine rings is 1. The Morgan fingerprint density at radius 1 is 1.14 bits per heavy atom. The van der Waals surface area contributed by atoms with Crippen molar-refractivity contribution in [1.82, 2.24) is 9.88 Å². The van der Waals surface area contributed by atoms with Crippen molar-refractivity contribution in [2.45, 2.75) is 19.8 Å². The average molecular weight is 390 g/mol. The van der Waals surface area contributed by atoms with Crippen LogP contribution < -0.4 is 9.80 Å². The first kappa shape index (κ1) is 19.6. The van der Waals surface area contributed by atoms with Crippen LogP contribution in [0.25, 0.3) is 5.57 Å². The van der Waals surface area contributed by atoms with Crippen LogP contribution in [-0.4, -0.2) is 62.9 Å². The molecule has 0 spiro atoms. The van der Waals surface area contributed by atoms with Gasteiger partial charge in [0.2, 0.25) is 0 Å². The molecule has 1 saturated heterocycles. The van der Waals surface area contributed by atoms with Crippen LogP contribution in [0, 0.1) is 0 Å². The van der Waals surface area contributed by atoms with Gasteiger partial charge in [-0.1, -0.05) is 13.5 Å². The van der Waals surface area contributed by atoms with Crippen LogP contribution in [0.5, 0.6) is 0 Å². The largest absolute Gasteiger partial charge is 0.378 e. The monoisotopic (exact) mass is 389 g/mol. The van der Waals surface area contributed by atoms with E-state index in [-0.39, 0.29) is 0 Å². The normalized spacial score (nSPS) is 17.2. The number of piperazine rings is 1. The molecule has 29 heavy (non-hydrogen) atoms. The van der Waals surface area contributed by atoms with Crippen LogP contribution in [0.4, 0.5) is 17.2 Å². The Hall–Kier alpha value is -2.66. The van der Waals surface area contributed by atoms with Crippen LogP contribution >= 0.6 is 0 Å². The maximum atomic E-state index is 5.14. The van der Waals surface area contributed by atoms with Gasteiger partial charge >= 0.3 is 0 Å². The lowest BCUT2D eigenvalue weighted by molar-refractivity contribution is 0.312. The molecule has 1 aromatic carbocycles. The molecule has 2 aliphatic heterocycles. The van der Waals surface area contributed by atoms with E-state index in [1.165, 1.54) is 16.8 Å². The number of hydrogen-bond donors (Lipinski definition) is 0. The van der Waals surface area contributed by atoms with Gasteiger partial charge in [0.15, 0.2) is 0 Å². The van der Waals surface area contributed by atoms with Crippen LogP contribution in [0.2, 0.25) is 0 Å². The zero-order valence-electron chi connectivity index (χ0n) is 18.1. The van der Waals surface area contributed by atoms with Crippen LogP contribution in [-0.2, 0) is 6.42 Å². The Labute approximate surface area is 174 Å². The summed E-state index contributed by atoms with van der Waals surface area (Å²) in [6.45, 7) is 10.7. The van der Waals surface area contributed by atoms with E-state index >= 15 is 0 Å². The number of fused-ring (bicyclic) bond motifs is 1. The van der Waals surface area contributed by atoms with Gasteiger partial charge in [-0.15, -0.1) is 0 Å². The molecule has 0 radical (unpaired) electrons. The van der Waals surface area contributed by atoms with Gasteiger partial charge in [0.05, 0.1) is 11.4 Å². The van der Waals surface area contributed by atoms with Crippen molar-refractivity contribution in [1.29, 1.82) is 0 Å². The number of allylic oxidation sites excluding steroid dienone is 1. The van der Waals surface area contributed by atoms with Gasteiger partial charge in [-0.2, -0.15) is 0 Å². The summed E-state index contributed by atoms with van der Waals surface area (Å²) < 4.78 is 0. The third kappa shape index (κ3) is 3.79. The molecule has 1 aromatic heterocycles. The van der Waals surface area contributed by atoms with Crippen molar-refractivity contribution >= 4 is 28.5 Å². The molecule has 0 unspecified atom stereocenters. The summed E-state index contributed by atoms with van der Waals surface area (Å²) in [5.41, 5.74) is 8.13. The molecule has 0 aliphatic carbocycles. The third-order valence-corrected chi connectivity index (χ3v) is 5.97. The summed E-state index contributed by atoms with van der Waals surface area (Å²) in [5.74, 6) is 1.05. The molecule has 0 saturated carbocycles. The van der Waals surface area contributed by atoms with E-state index in [1.54, 1.807) is 0 Å². The molecular formula is C24H31N5. The van der Waals surface area contributed by atoms with E-state index in [0.717, 1.165) is 67.4 Å². The van der Waals surface area contributed by atoms with Crippen LogP contribution in [0.15, 0.2) is 42.0 Å². The minimum absolute atomic E-state index is 0.772. The smallest absolute Gasteiger partial charge is 0.137 e. The SMILES string of the molecule is C=C1CC(c2cccnc2N2CCN(C)CC2)=Nc2cc(N(C)C)cc(CC)c21. The van der Waals surface area contributed by atoms with Crippen molar-refractivity contribution in [3.05, 3.63) is 53.7 Å². The van der Waals surface area contributed by atoms with Gasteiger partial charge in [0.1, 0.15) is 5.82 Å². The number of benzene rings is 1. The predicted octanol–water partition coefficient (Wildman–Crippen LogP) is 4.00. The summed E-state index contributed by atoms with van der Waals surface area (Å²) in [7, 11) is 6.34. The summed E-state index contributed by atoms with van der Waals surface area (Å²) in [6, 6.07) is 8.63. The Kier molecular flexibility index (Phi) is 5.41. The van der Waals surface area contributed by atoms with Gasteiger partial charge < -0.3 is 14.7 Å². The summed E-state index contributed by atoms with van der Waals surface area (Å²) in [4.78, 5) is 16.8. The van der Waals surface area contributed by atoms with E-state index in [1.807, 2.05) is 12.3 Å². The first-order valence-electron chi connectivity index (χ1n) is 10.5. The molecule has 5 heteroatoms. The van der Waals surface area contributed by atoms with Gasteiger partial charge in [0.25, 0.3) is 0 Å². The first-order valence-corrected chi connectivity index (χ1v) is 10.5. The van der Waals surface area contributed by atoms with E-state index in [9.17, 15) is 0 Å². The van der Waals surface area contributed by atoms with E-state index in [0.29, 0.717) is 0 Å². The summed E-state index contributed by atoms with van der Waals surface area (Å²) >= 11 is 0. The standard InChI is InChI=1S/C24H31N5/c1-6-18-15-19(27(3)4)16-22-23(18)17(2)14-21(26-22)20-8-7-9-25-24(20)29-12-10-28(5)11-13-29/h7-9,15-16H,2,6,10-14H2,1,3-5H3. The molecule has 2 aromatic rings. The number of aliphatic imine (C=N–C) groups is 1. The molecule has 2 aliphatic rings. The first-order chi connectivity index (χ1) is 14.0. The molecule has 4 rings (SSSR count). The Balaban J connectivity index is 1.79. The minimum atomic E-state index is 0.772. The second-order valence-corrected chi connectivity index (χ2v) is 8.25. The molecule has 0 N–H and O–H groups in total. The number of hydrogen-bond acceptors (Lipinski definition) is 5. The number of aryl methyl sites for hydroxylation is 1.